The molecule has 2 aliphatic carbocycles. The second-order valence-corrected chi connectivity index (χ2v) is 6.09. The topological polar surface area (TPSA) is 40.5 Å². The molecule has 0 unspecified atom stereocenters. The zero-order valence-corrected chi connectivity index (χ0v) is 11.0. The summed E-state index contributed by atoms with van der Waals surface area (Å²) < 4.78 is 0. The van der Waals surface area contributed by atoms with Gasteiger partial charge in [-0.2, -0.15) is 0 Å². The van der Waals surface area contributed by atoms with E-state index < -0.39 is 0 Å². The van der Waals surface area contributed by atoms with Gasteiger partial charge in [0.05, 0.1) is 6.61 Å². The highest BCUT2D eigenvalue weighted by molar-refractivity contribution is 5.77. The second-order valence-electron chi connectivity index (χ2n) is 6.09. The first-order valence-electron chi connectivity index (χ1n) is 7.05. The predicted octanol–water partition coefficient (Wildman–Crippen LogP) is 2.33. The van der Waals surface area contributed by atoms with Crippen molar-refractivity contribution in [3.63, 3.8) is 0 Å². The van der Waals surface area contributed by atoms with E-state index in [0.29, 0.717) is 19.0 Å². The van der Waals surface area contributed by atoms with Crippen LogP contribution in [0.4, 0.5) is 0 Å². The molecular formula is C14H25NO2. The Balaban J connectivity index is 1.89. The molecule has 0 aromatic carbocycles. The zero-order valence-electron chi connectivity index (χ0n) is 11.0. The molecule has 0 spiro atoms. The second kappa shape index (κ2) is 5.38. The number of hydrogen-bond donors (Lipinski definition) is 1. The molecule has 0 aromatic heterocycles. The summed E-state index contributed by atoms with van der Waals surface area (Å²) in [5, 5.41) is 9.04. The lowest BCUT2D eigenvalue weighted by atomic mass is 9.73. The van der Waals surface area contributed by atoms with Crippen LogP contribution in [-0.4, -0.2) is 35.1 Å². The SMILES string of the molecule is CC1(CC(=O)N(CCO)C2CC2)CCCCC1. The third kappa shape index (κ3) is 3.44. The van der Waals surface area contributed by atoms with E-state index in [1.165, 1.54) is 32.1 Å². The quantitative estimate of drug-likeness (QED) is 0.800. The number of rotatable bonds is 5. The first kappa shape index (κ1) is 12.9. The highest BCUT2D eigenvalue weighted by Crippen LogP contribution is 2.40. The van der Waals surface area contributed by atoms with Crippen molar-refractivity contribution < 1.29 is 9.90 Å². The van der Waals surface area contributed by atoms with Gasteiger partial charge >= 0.3 is 0 Å². The summed E-state index contributed by atoms with van der Waals surface area (Å²) in [4.78, 5) is 14.2. The van der Waals surface area contributed by atoms with Crippen LogP contribution in [-0.2, 0) is 4.79 Å². The number of nitrogens with zero attached hydrogens (tertiary/aromatic N) is 1. The van der Waals surface area contributed by atoms with Crippen molar-refractivity contribution in [2.75, 3.05) is 13.2 Å². The summed E-state index contributed by atoms with van der Waals surface area (Å²) in [6.45, 7) is 2.88. The van der Waals surface area contributed by atoms with E-state index in [1.807, 2.05) is 4.90 Å². The molecule has 3 nitrogen and oxygen atoms in total. The summed E-state index contributed by atoms with van der Waals surface area (Å²) in [5.74, 6) is 0.269. The van der Waals surface area contributed by atoms with E-state index in [2.05, 4.69) is 6.92 Å². The van der Waals surface area contributed by atoms with E-state index in [1.54, 1.807) is 0 Å². The van der Waals surface area contributed by atoms with Gasteiger partial charge in [-0.25, -0.2) is 0 Å². The van der Waals surface area contributed by atoms with Crippen LogP contribution in [0, 0.1) is 5.41 Å². The fourth-order valence-electron chi connectivity index (χ4n) is 3.05. The van der Waals surface area contributed by atoms with Crippen LogP contribution in [0.3, 0.4) is 0 Å². The summed E-state index contributed by atoms with van der Waals surface area (Å²) >= 11 is 0. The van der Waals surface area contributed by atoms with E-state index in [9.17, 15) is 4.79 Å². The number of carbonyl (C=O) groups is 1. The number of hydrogen-bond acceptors (Lipinski definition) is 2. The monoisotopic (exact) mass is 239 g/mol. The lowest BCUT2D eigenvalue weighted by Crippen LogP contribution is -2.39. The minimum absolute atomic E-state index is 0.0962. The van der Waals surface area contributed by atoms with Crippen molar-refractivity contribution in [2.24, 2.45) is 5.41 Å². The first-order chi connectivity index (χ1) is 8.14. The normalized spacial score (nSPS) is 23.4. The summed E-state index contributed by atoms with van der Waals surface area (Å²) in [7, 11) is 0. The molecule has 0 bridgehead atoms. The average molecular weight is 239 g/mol. The van der Waals surface area contributed by atoms with Crippen LogP contribution < -0.4 is 0 Å². The number of aliphatic hydroxyl groups is 1. The molecule has 1 N–H and O–H groups in total. The van der Waals surface area contributed by atoms with Gasteiger partial charge in [-0.3, -0.25) is 4.79 Å². The van der Waals surface area contributed by atoms with Crippen LogP contribution >= 0.6 is 0 Å². The molecule has 2 rings (SSSR count). The van der Waals surface area contributed by atoms with Gasteiger partial charge in [-0.1, -0.05) is 26.2 Å². The van der Waals surface area contributed by atoms with Gasteiger partial charge in [0.2, 0.25) is 5.91 Å². The minimum Gasteiger partial charge on any atom is -0.395 e. The van der Waals surface area contributed by atoms with Crippen LogP contribution in [0.15, 0.2) is 0 Å². The first-order valence-corrected chi connectivity index (χ1v) is 7.05. The van der Waals surface area contributed by atoms with Gasteiger partial charge in [-0.15, -0.1) is 0 Å². The van der Waals surface area contributed by atoms with E-state index in [-0.39, 0.29) is 17.9 Å². The third-order valence-corrected chi connectivity index (χ3v) is 4.29. The molecular weight excluding hydrogens is 214 g/mol. The smallest absolute Gasteiger partial charge is 0.223 e. The molecule has 3 heteroatoms. The fourth-order valence-corrected chi connectivity index (χ4v) is 3.05. The van der Waals surface area contributed by atoms with Crippen molar-refractivity contribution in [3.8, 4) is 0 Å². The molecule has 2 fully saturated rings. The Hall–Kier alpha value is -0.570. The zero-order chi connectivity index (χ0) is 12.3. The molecule has 0 heterocycles. The standard InChI is InChI=1S/C14H25NO2/c1-14(7-3-2-4-8-14)11-13(17)15(9-10-16)12-5-6-12/h12,16H,2-11H2,1H3. The molecule has 17 heavy (non-hydrogen) atoms. The van der Waals surface area contributed by atoms with Gasteiger partial charge in [-0.05, 0) is 31.1 Å². The van der Waals surface area contributed by atoms with Crippen LogP contribution in [0.25, 0.3) is 0 Å². The third-order valence-electron chi connectivity index (χ3n) is 4.29. The maximum atomic E-state index is 12.3. The lowest BCUT2D eigenvalue weighted by Gasteiger charge is -2.35. The van der Waals surface area contributed by atoms with Gasteiger partial charge < -0.3 is 10.0 Å². The van der Waals surface area contributed by atoms with E-state index >= 15 is 0 Å². The average Bonchev–Trinajstić information content (AvgIpc) is 3.10. The van der Waals surface area contributed by atoms with Gasteiger partial charge in [0.1, 0.15) is 0 Å². The van der Waals surface area contributed by atoms with E-state index in [4.69, 9.17) is 5.11 Å². The van der Waals surface area contributed by atoms with Crippen LogP contribution in [0.1, 0.15) is 58.3 Å². The van der Waals surface area contributed by atoms with Crippen molar-refractivity contribution in [2.45, 2.75) is 64.3 Å². The maximum absolute atomic E-state index is 12.3. The number of aliphatic hydroxyl groups excluding tert-OH is 1. The van der Waals surface area contributed by atoms with Crippen molar-refractivity contribution in [3.05, 3.63) is 0 Å². The Morgan fingerprint density at radius 1 is 1.29 bits per heavy atom. The van der Waals surface area contributed by atoms with Gasteiger partial charge in [0.15, 0.2) is 0 Å². The Labute approximate surface area is 104 Å². The Kier molecular flexibility index (Phi) is 4.08. The molecule has 0 saturated heterocycles. The van der Waals surface area contributed by atoms with Crippen molar-refractivity contribution in [1.29, 1.82) is 0 Å². The van der Waals surface area contributed by atoms with Crippen LogP contribution in [0.2, 0.25) is 0 Å². The van der Waals surface area contributed by atoms with Crippen LogP contribution in [0.5, 0.6) is 0 Å². The Bertz CT molecular complexity index is 267. The highest BCUT2D eigenvalue weighted by atomic mass is 16.3. The molecule has 2 saturated carbocycles. The highest BCUT2D eigenvalue weighted by Gasteiger charge is 2.36. The summed E-state index contributed by atoms with van der Waals surface area (Å²) in [6, 6.07) is 0.432. The number of carbonyl (C=O) groups excluding carboxylic acids is 1. The summed E-state index contributed by atoms with van der Waals surface area (Å²) in [6.07, 6.45) is 9.19. The molecule has 0 radical (unpaired) electrons. The molecule has 98 valence electrons. The number of amides is 1. The fraction of sp³-hybridized carbons (Fsp3) is 0.929. The molecule has 0 aliphatic heterocycles. The Morgan fingerprint density at radius 3 is 2.47 bits per heavy atom. The maximum Gasteiger partial charge on any atom is 0.223 e. The summed E-state index contributed by atoms with van der Waals surface area (Å²) in [5.41, 5.74) is 0.220. The molecule has 2 aliphatic rings. The largest absolute Gasteiger partial charge is 0.395 e. The minimum atomic E-state index is 0.0962. The molecule has 1 amide bonds. The molecule has 0 aromatic rings. The molecule has 0 atom stereocenters. The van der Waals surface area contributed by atoms with E-state index in [0.717, 1.165) is 12.8 Å². The van der Waals surface area contributed by atoms with Gasteiger partial charge in [0.25, 0.3) is 0 Å². The van der Waals surface area contributed by atoms with Crippen molar-refractivity contribution in [1.82, 2.24) is 4.90 Å². The predicted molar refractivity (Wildman–Crippen MR) is 67.6 cm³/mol. The van der Waals surface area contributed by atoms with Gasteiger partial charge in [0, 0.05) is 19.0 Å². The lowest BCUT2D eigenvalue weighted by molar-refractivity contribution is -0.135. The Morgan fingerprint density at radius 2 is 1.94 bits per heavy atom. The van der Waals surface area contributed by atoms with Crippen molar-refractivity contribution >= 4 is 5.91 Å².